The minimum absolute atomic E-state index is 0.0160. The van der Waals surface area contributed by atoms with Gasteiger partial charge in [0.15, 0.2) is 0 Å². The van der Waals surface area contributed by atoms with Crippen LogP contribution < -0.4 is 5.32 Å². The molecule has 0 aromatic carbocycles. The molecule has 7 heteroatoms. The highest BCUT2D eigenvalue weighted by Crippen LogP contribution is 2.48. The van der Waals surface area contributed by atoms with Crippen LogP contribution in [0.5, 0.6) is 0 Å². The molecule has 0 radical (unpaired) electrons. The molecule has 4 atom stereocenters. The van der Waals surface area contributed by atoms with Gasteiger partial charge in [0.1, 0.15) is 5.51 Å². The number of carboxylic acids is 1. The monoisotopic (exact) mass is 265 g/mol. The third kappa shape index (κ3) is 1.71. The highest BCUT2D eigenvalue weighted by molar-refractivity contribution is 7.13. The number of carboxylic acid groups (broad SMARTS) is 1. The summed E-state index contributed by atoms with van der Waals surface area (Å²) in [5.74, 6) is -2.27. The maximum atomic E-state index is 12.1. The van der Waals surface area contributed by atoms with Crippen molar-refractivity contribution in [1.29, 1.82) is 0 Å². The molecule has 1 heterocycles. The number of carbonyl (C=O) groups excluding carboxylic acids is 1. The molecule has 1 fully saturated rings. The number of hydrogen-bond acceptors (Lipinski definition) is 5. The minimum Gasteiger partial charge on any atom is -0.481 e. The first kappa shape index (κ1) is 11.3. The van der Waals surface area contributed by atoms with Crippen molar-refractivity contribution in [1.82, 2.24) is 10.2 Å². The molecule has 0 unspecified atom stereocenters. The number of carbonyl (C=O) groups is 2. The Bertz CT molecular complexity index is 514. The van der Waals surface area contributed by atoms with Gasteiger partial charge in [0.25, 0.3) is 0 Å². The molecule has 2 N–H and O–H groups in total. The Morgan fingerprint density at radius 3 is 2.67 bits per heavy atom. The first-order valence-corrected chi connectivity index (χ1v) is 6.53. The number of aliphatic carboxylic acids is 1. The molecular formula is C11H11N3O3S. The van der Waals surface area contributed by atoms with E-state index in [4.69, 9.17) is 0 Å². The van der Waals surface area contributed by atoms with Crippen LogP contribution in [0, 0.1) is 23.7 Å². The largest absolute Gasteiger partial charge is 0.481 e. The zero-order valence-electron chi connectivity index (χ0n) is 9.31. The summed E-state index contributed by atoms with van der Waals surface area (Å²) in [6.07, 6.45) is 4.62. The molecule has 0 saturated heterocycles. The topological polar surface area (TPSA) is 92.2 Å². The molecule has 2 bridgehead atoms. The number of aromatic nitrogens is 2. The molecule has 2 aliphatic carbocycles. The number of allylic oxidation sites excluding steroid dienone is 2. The summed E-state index contributed by atoms with van der Waals surface area (Å²) in [5, 5.41) is 19.7. The zero-order valence-corrected chi connectivity index (χ0v) is 10.1. The lowest BCUT2D eigenvalue weighted by atomic mass is 9.82. The number of hydrogen-bond donors (Lipinski definition) is 2. The Labute approximate surface area is 107 Å². The first-order valence-electron chi connectivity index (χ1n) is 5.65. The van der Waals surface area contributed by atoms with Gasteiger partial charge in [-0.3, -0.25) is 9.59 Å². The van der Waals surface area contributed by atoms with E-state index in [1.54, 1.807) is 0 Å². The second kappa shape index (κ2) is 4.16. The van der Waals surface area contributed by atoms with Crippen LogP contribution in [0.1, 0.15) is 6.42 Å². The highest BCUT2D eigenvalue weighted by atomic mass is 32.1. The Hall–Kier alpha value is -1.76. The number of nitrogens with one attached hydrogen (secondary N) is 1. The maximum absolute atomic E-state index is 12.1. The van der Waals surface area contributed by atoms with Gasteiger partial charge in [-0.25, -0.2) is 0 Å². The predicted octanol–water partition coefficient (Wildman–Crippen LogP) is 0.999. The fourth-order valence-electron chi connectivity index (χ4n) is 2.93. The van der Waals surface area contributed by atoms with Crippen molar-refractivity contribution in [3.05, 3.63) is 17.7 Å². The molecule has 94 valence electrons. The quantitative estimate of drug-likeness (QED) is 0.795. The van der Waals surface area contributed by atoms with Gasteiger partial charge in [0, 0.05) is 0 Å². The summed E-state index contributed by atoms with van der Waals surface area (Å²) in [6, 6.07) is 0. The van der Waals surface area contributed by atoms with E-state index < -0.39 is 17.8 Å². The fourth-order valence-corrected chi connectivity index (χ4v) is 3.38. The molecule has 1 saturated carbocycles. The molecule has 2 aliphatic rings. The van der Waals surface area contributed by atoms with Crippen LogP contribution in [-0.4, -0.2) is 27.2 Å². The molecule has 1 aromatic heterocycles. The second-order valence-corrected chi connectivity index (χ2v) is 5.40. The lowest BCUT2D eigenvalue weighted by Crippen LogP contribution is -2.36. The summed E-state index contributed by atoms with van der Waals surface area (Å²) in [4.78, 5) is 23.4. The molecular weight excluding hydrogens is 254 g/mol. The number of anilines is 1. The van der Waals surface area contributed by atoms with Gasteiger partial charge in [-0.05, 0) is 18.3 Å². The third-order valence-corrected chi connectivity index (χ3v) is 4.24. The predicted molar refractivity (Wildman–Crippen MR) is 63.9 cm³/mol. The average molecular weight is 265 g/mol. The number of amides is 1. The van der Waals surface area contributed by atoms with Crippen LogP contribution in [-0.2, 0) is 9.59 Å². The summed E-state index contributed by atoms with van der Waals surface area (Å²) in [6.45, 7) is 0. The SMILES string of the molecule is O=C(O)[C@@H]1[C@H](C(=O)Nc2nncs2)[C@H]2C=C[C@H]1C2. The van der Waals surface area contributed by atoms with E-state index in [1.165, 1.54) is 16.8 Å². The van der Waals surface area contributed by atoms with Crippen molar-refractivity contribution < 1.29 is 14.7 Å². The molecule has 6 nitrogen and oxygen atoms in total. The van der Waals surface area contributed by atoms with E-state index in [0.717, 1.165) is 6.42 Å². The van der Waals surface area contributed by atoms with E-state index in [2.05, 4.69) is 15.5 Å². The summed E-state index contributed by atoms with van der Waals surface area (Å²) < 4.78 is 0. The Morgan fingerprint density at radius 2 is 2.06 bits per heavy atom. The summed E-state index contributed by atoms with van der Waals surface area (Å²) in [5.41, 5.74) is 1.52. The molecule has 18 heavy (non-hydrogen) atoms. The Morgan fingerprint density at radius 1 is 1.33 bits per heavy atom. The van der Waals surface area contributed by atoms with Crippen LogP contribution >= 0.6 is 11.3 Å². The van der Waals surface area contributed by atoms with Crippen molar-refractivity contribution in [2.75, 3.05) is 5.32 Å². The lowest BCUT2D eigenvalue weighted by Gasteiger charge is -2.23. The van der Waals surface area contributed by atoms with E-state index in [-0.39, 0.29) is 17.7 Å². The molecule has 1 aromatic rings. The first-order chi connectivity index (χ1) is 8.66. The lowest BCUT2D eigenvalue weighted by molar-refractivity contribution is -0.146. The van der Waals surface area contributed by atoms with Crippen molar-refractivity contribution in [2.45, 2.75) is 6.42 Å². The normalized spacial score (nSPS) is 32.7. The third-order valence-electron chi connectivity index (χ3n) is 3.64. The van der Waals surface area contributed by atoms with Crippen LogP contribution in [0.2, 0.25) is 0 Å². The minimum atomic E-state index is -0.899. The number of fused-ring (bicyclic) bond motifs is 2. The number of nitrogens with zero attached hydrogens (tertiary/aromatic N) is 2. The van der Waals surface area contributed by atoms with Crippen molar-refractivity contribution >= 4 is 28.3 Å². The van der Waals surface area contributed by atoms with Gasteiger partial charge in [-0.2, -0.15) is 0 Å². The van der Waals surface area contributed by atoms with Gasteiger partial charge in [0.05, 0.1) is 11.8 Å². The van der Waals surface area contributed by atoms with Gasteiger partial charge in [-0.1, -0.05) is 23.5 Å². The zero-order chi connectivity index (χ0) is 12.7. The van der Waals surface area contributed by atoms with E-state index in [1.807, 2.05) is 12.2 Å². The van der Waals surface area contributed by atoms with E-state index in [0.29, 0.717) is 5.13 Å². The van der Waals surface area contributed by atoms with Gasteiger partial charge in [0.2, 0.25) is 11.0 Å². The van der Waals surface area contributed by atoms with Crippen molar-refractivity contribution in [3.8, 4) is 0 Å². The van der Waals surface area contributed by atoms with Crippen LogP contribution in [0.4, 0.5) is 5.13 Å². The summed E-state index contributed by atoms with van der Waals surface area (Å²) >= 11 is 1.22. The fraction of sp³-hybridized carbons (Fsp3) is 0.455. The Balaban J connectivity index is 1.80. The van der Waals surface area contributed by atoms with Crippen molar-refractivity contribution in [3.63, 3.8) is 0 Å². The standard InChI is InChI=1S/C11H11N3O3S/c15-9(13-11-14-12-4-18-11)7-5-1-2-6(3-5)8(7)10(16)17/h1-2,4-8H,3H2,(H,16,17)(H,13,14,15)/t5-,6-,7+,8-/m0/s1. The number of rotatable bonds is 3. The van der Waals surface area contributed by atoms with Crippen LogP contribution in [0.3, 0.4) is 0 Å². The average Bonchev–Trinajstić information content (AvgIpc) is 3.03. The second-order valence-electron chi connectivity index (χ2n) is 4.57. The molecule has 1 amide bonds. The summed E-state index contributed by atoms with van der Waals surface area (Å²) in [7, 11) is 0. The van der Waals surface area contributed by atoms with Gasteiger partial charge in [-0.15, -0.1) is 10.2 Å². The molecule has 3 rings (SSSR count). The van der Waals surface area contributed by atoms with E-state index >= 15 is 0 Å². The van der Waals surface area contributed by atoms with Crippen LogP contribution in [0.15, 0.2) is 17.7 Å². The van der Waals surface area contributed by atoms with E-state index in [9.17, 15) is 14.7 Å². The molecule has 0 spiro atoms. The van der Waals surface area contributed by atoms with Crippen molar-refractivity contribution in [2.24, 2.45) is 23.7 Å². The van der Waals surface area contributed by atoms with Crippen LogP contribution in [0.25, 0.3) is 0 Å². The smallest absolute Gasteiger partial charge is 0.307 e. The van der Waals surface area contributed by atoms with Gasteiger partial charge >= 0.3 is 5.97 Å². The maximum Gasteiger partial charge on any atom is 0.307 e. The highest BCUT2D eigenvalue weighted by Gasteiger charge is 2.51. The van der Waals surface area contributed by atoms with Gasteiger partial charge < -0.3 is 10.4 Å². The molecule has 0 aliphatic heterocycles. The Kier molecular flexibility index (Phi) is 2.62.